The second-order valence-corrected chi connectivity index (χ2v) is 3.60. The molecule has 0 saturated carbocycles. The van der Waals surface area contributed by atoms with E-state index in [9.17, 15) is 0 Å². The Morgan fingerprint density at radius 1 is 1.44 bits per heavy atom. The molecule has 0 aliphatic rings. The highest BCUT2D eigenvalue weighted by molar-refractivity contribution is 5.27. The summed E-state index contributed by atoms with van der Waals surface area (Å²) in [5.74, 6) is 3.19. The molecule has 1 atom stereocenters. The maximum atomic E-state index is 8.85. The normalized spacial score (nSPS) is 11.8. The third kappa shape index (κ3) is 4.35. The van der Waals surface area contributed by atoms with Gasteiger partial charge in [0.2, 0.25) is 0 Å². The molecule has 0 aromatic heterocycles. The molecule has 86 valence electrons. The van der Waals surface area contributed by atoms with E-state index < -0.39 is 0 Å². The highest BCUT2D eigenvalue weighted by Crippen LogP contribution is 2.11. The first-order chi connectivity index (χ1) is 7.76. The minimum absolute atomic E-state index is 0.109. The van der Waals surface area contributed by atoms with E-state index in [-0.39, 0.29) is 12.6 Å². The van der Waals surface area contributed by atoms with E-state index in [0.717, 1.165) is 17.9 Å². The fourth-order valence-electron chi connectivity index (χ4n) is 1.19. The number of benzene rings is 1. The molecule has 0 bridgehead atoms. The van der Waals surface area contributed by atoms with Crippen molar-refractivity contribution in [3.8, 4) is 18.1 Å². The average Bonchev–Trinajstić information content (AvgIpc) is 2.34. The molecule has 1 aromatic carbocycles. The predicted octanol–water partition coefficient (Wildman–Crippen LogP) is 1.17. The molecule has 0 radical (unpaired) electrons. The lowest BCUT2D eigenvalue weighted by Crippen LogP contribution is -2.28. The first kappa shape index (κ1) is 12.6. The van der Waals surface area contributed by atoms with Crippen molar-refractivity contribution in [1.82, 2.24) is 5.32 Å². The van der Waals surface area contributed by atoms with Gasteiger partial charge in [0, 0.05) is 12.6 Å². The molecule has 0 aliphatic carbocycles. The molecule has 0 saturated heterocycles. The number of aliphatic hydroxyl groups is 1. The third-order valence-electron chi connectivity index (χ3n) is 2.17. The molecule has 3 nitrogen and oxygen atoms in total. The van der Waals surface area contributed by atoms with Crippen molar-refractivity contribution >= 4 is 0 Å². The van der Waals surface area contributed by atoms with E-state index in [0.29, 0.717) is 6.61 Å². The molecule has 1 unspecified atom stereocenters. The predicted molar refractivity (Wildman–Crippen MR) is 64.2 cm³/mol. The summed E-state index contributed by atoms with van der Waals surface area (Å²) in [6.45, 7) is 3.10. The summed E-state index contributed by atoms with van der Waals surface area (Å²) < 4.78 is 5.26. The van der Waals surface area contributed by atoms with Crippen LogP contribution in [0, 0.1) is 12.3 Å². The smallest absolute Gasteiger partial charge is 0.148 e. The lowest BCUT2D eigenvalue weighted by atomic mass is 10.2. The van der Waals surface area contributed by atoms with Crippen LogP contribution >= 0.6 is 0 Å². The van der Waals surface area contributed by atoms with Crippen molar-refractivity contribution < 1.29 is 9.84 Å². The molecule has 3 heteroatoms. The number of rotatable bonds is 6. The van der Waals surface area contributed by atoms with E-state index in [1.807, 2.05) is 31.2 Å². The number of nitrogens with one attached hydrogen (secondary N) is 1. The van der Waals surface area contributed by atoms with Crippen LogP contribution in [0.3, 0.4) is 0 Å². The van der Waals surface area contributed by atoms with Gasteiger partial charge in [-0.1, -0.05) is 18.1 Å². The Balaban J connectivity index is 2.42. The van der Waals surface area contributed by atoms with Gasteiger partial charge in [0.1, 0.15) is 12.4 Å². The van der Waals surface area contributed by atoms with Crippen LogP contribution in [0.15, 0.2) is 24.3 Å². The van der Waals surface area contributed by atoms with Gasteiger partial charge < -0.3 is 15.2 Å². The number of terminal acetylenes is 1. The molecule has 0 amide bonds. The zero-order valence-electron chi connectivity index (χ0n) is 9.44. The minimum atomic E-state index is 0.109. The molecule has 0 aliphatic heterocycles. The number of aliphatic hydroxyl groups excluding tert-OH is 1. The van der Waals surface area contributed by atoms with Gasteiger partial charge in [-0.3, -0.25) is 0 Å². The van der Waals surface area contributed by atoms with Gasteiger partial charge in [-0.15, -0.1) is 6.42 Å². The van der Waals surface area contributed by atoms with Gasteiger partial charge in [0.25, 0.3) is 0 Å². The average molecular weight is 219 g/mol. The van der Waals surface area contributed by atoms with Crippen molar-refractivity contribution in [1.29, 1.82) is 0 Å². The number of hydrogen-bond acceptors (Lipinski definition) is 3. The molecule has 1 rings (SSSR count). The first-order valence-corrected chi connectivity index (χ1v) is 5.25. The molecule has 0 fully saturated rings. The summed E-state index contributed by atoms with van der Waals surface area (Å²) in [7, 11) is 0. The Hall–Kier alpha value is -1.50. The van der Waals surface area contributed by atoms with E-state index in [1.54, 1.807) is 0 Å². The van der Waals surface area contributed by atoms with Crippen molar-refractivity contribution in [3.63, 3.8) is 0 Å². The Labute approximate surface area is 96.4 Å². The second-order valence-electron chi connectivity index (χ2n) is 3.60. The fraction of sp³-hybridized carbons (Fsp3) is 0.385. The van der Waals surface area contributed by atoms with Gasteiger partial charge in [-0.25, -0.2) is 0 Å². The molecule has 1 aromatic rings. The van der Waals surface area contributed by atoms with Crippen molar-refractivity contribution in [2.75, 3.05) is 13.2 Å². The molecular formula is C13H17NO2. The van der Waals surface area contributed by atoms with Crippen molar-refractivity contribution in [2.45, 2.75) is 19.5 Å². The lowest BCUT2D eigenvalue weighted by molar-refractivity contribution is 0.251. The largest absolute Gasteiger partial charge is 0.481 e. The molecule has 16 heavy (non-hydrogen) atoms. The highest BCUT2D eigenvalue weighted by Gasteiger charge is 1.99. The van der Waals surface area contributed by atoms with Crippen LogP contribution in [0.1, 0.15) is 12.5 Å². The lowest BCUT2D eigenvalue weighted by Gasteiger charge is -2.10. The second kappa shape index (κ2) is 6.89. The van der Waals surface area contributed by atoms with Crippen molar-refractivity contribution in [2.24, 2.45) is 0 Å². The maximum Gasteiger partial charge on any atom is 0.148 e. The first-order valence-electron chi connectivity index (χ1n) is 5.25. The summed E-state index contributed by atoms with van der Waals surface area (Å²) in [6, 6.07) is 7.83. The van der Waals surface area contributed by atoms with Crippen LogP contribution in [0.25, 0.3) is 0 Å². The Kier molecular flexibility index (Phi) is 5.41. The maximum absolute atomic E-state index is 8.85. The monoisotopic (exact) mass is 219 g/mol. The van der Waals surface area contributed by atoms with Crippen LogP contribution in [0.2, 0.25) is 0 Å². The van der Waals surface area contributed by atoms with Gasteiger partial charge in [0.05, 0.1) is 6.61 Å². The Morgan fingerprint density at radius 3 is 2.69 bits per heavy atom. The summed E-state index contributed by atoms with van der Waals surface area (Å²) in [6.07, 6.45) is 5.09. The molecular weight excluding hydrogens is 202 g/mol. The summed E-state index contributed by atoms with van der Waals surface area (Å²) in [5.41, 5.74) is 1.15. The van der Waals surface area contributed by atoms with E-state index in [2.05, 4.69) is 11.2 Å². The minimum Gasteiger partial charge on any atom is -0.481 e. The Bertz CT molecular complexity index is 340. The zero-order valence-corrected chi connectivity index (χ0v) is 9.44. The quantitative estimate of drug-likeness (QED) is 0.706. The standard InChI is InChI=1S/C13H17NO2/c1-3-8-16-13-6-4-12(5-7-13)9-14-11(2)10-15/h1,4-7,11,14-15H,8-10H2,2H3. The fourth-order valence-corrected chi connectivity index (χ4v) is 1.19. The Morgan fingerprint density at radius 2 is 2.12 bits per heavy atom. The van der Waals surface area contributed by atoms with Crippen molar-refractivity contribution in [3.05, 3.63) is 29.8 Å². The van der Waals surface area contributed by atoms with Gasteiger partial charge in [0.15, 0.2) is 0 Å². The van der Waals surface area contributed by atoms with Gasteiger partial charge >= 0.3 is 0 Å². The SMILES string of the molecule is C#CCOc1ccc(CNC(C)CO)cc1. The highest BCUT2D eigenvalue weighted by atomic mass is 16.5. The number of ether oxygens (including phenoxy) is 1. The van der Waals surface area contributed by atoms with Gasteiger partial charge in [-0.2, -0.15) is 0 Å². The van der Waals surface area contributed by atoms with E-state index in [4.69, 9.17) is 16.3 Å². The summed E-state index contributed by atoms with van der Waals surface area (Å²) in [5, 5.41) is 12.0. The molecule has 0 heterocycles. The van der Waals surface area contributed by atoms with Crippen LogP contribution in [-0.2, 0) is 6.54 Å². The van der Waals surface area contributed by atoms with Crippen LogP contribution < -0.4 is 10.1 Å². The molecule has 0 spiro atoms. The topological polar surface area (TPSA) is 41.5 Å². The van der Waals surface area contributed by atoms with Crippen LogP contribution in [0.4, 0.5) is 0 Å². The van der Waals surface area contributed by atoms with E-state index in [1.165, 1.54) is 0 Å². The van der Waals surface area contributed by atoms with Crippen LogP contribution in [0.5, 0.6) is 5.75 Å². The number of hydrogen-bond donors (Lipinski definition) is 2. The van der Waals surface area contributed by atoms with Crippen LogP contribution in [-0.4, -0.2) is 24.4 Å². The van der Waals surface area contributed by atoms with Gasteiger partial charge in [-0.05, 0) is 24.6 Å². The summed E-state index contributed by atoms with van der Waals surface area (Å²) >= 11 is 0. The third-order valence-corrected chi connectivity index (χ3v) is 2.17. The van der Waals surface area contributed by atoms with E-state index >= 15 is 0 Å². The zero-order chi connectivity index (χ0) is 11.8. The summed E-state index contributed by atoms with van der Waals surface area (Å²) in [4.78, 5) is 0. The molecule has 2 N–H and O–H groups in total.